The minimum Gasteiger partial charge on any atom is -0.349 e. The van der Waals surface area contributed by atoms with Crippen LogP contribution >= 0.6 is 11.8 Å². The van der Waals surface area contributed by atoms with Crippen molar-refractivity contribution < 1.29 is 14.5 Å². The Kier molecular flexibility index (Phi) is 7.96. The van der Waals surface area contributed by atoms with Crippen molar-refractivity contribution in [2.45, 2.75) is 64.3 Å². The first-order valence-electron chi connectivity index (χ1n) is 10.4. The normalized spacial score (nSPS) is 15.5. The van der Waals surface area contributed by atoms with E-state index in [4.69, 9.17) is 0 Å². The van der Waals surface area contributed by atoms with Gasteiger partial charge in [0.05, 0.1) is 37.6 Å². The fourth-order valence-electron chi connectivity index (χ4n) is 3.55. The van der Waals surface area contributed by atoms with Crippen LogP contribution in [0.25, 0.3) is 0 Å². The second kappa shape index (κ2) is 9.79. The van der Waals surface area contributed by atoms with Gasteiger partial charge in [-0.15, -0.1) is 11.8 Å². The molecular weight excluding hydrogens is 370 g/mol. The van der Waals surface area contributed by atoms with Crippen molar-refractivity contribution in [2.24, 2.45) is 0 Å². The molecule has 6 heteroatoms. The van der Waals surface area contributed by atoms with Crippen molar-refractivity contribution in [3.8, 4) is 0 Å². The predicted molar refractivity (Wildman–Crippen MR) is 117 cm³/mol. The summed E-state index contributed by atoms with van der Waals surface area (Å²) in [5, 5.41) is 3.07. The molecule has 1 aliphatic heterocycles. The summed E-state index contributed by atoms with van der Waals surface area (Å²) < 4.78 is 0. The molecule has 0 aromatic heterocycles. The Morgan fingerprint density at radius 3 is 2.50 bits per heavy atom. The molecule has 1 heterocycles. The number of rotatable bonds is 8. The van der Waals surface area contributed by atoms with Gasteiger partial charge >= 0.3 is 0 Å². The number of likely N-dealkylation sites (N-methyl/N-ethyl adjacent to an activating group) is 1. The Bertz CT molecular complexity index is 696. The third-order valence-electron chi connectivity index (χ3n) is 5.48. The largest absolute Gasteiger partial charge is 0.349 e. The van der Waals surface area contributed by atoms with Crippen molar-refractivity contribution in [1.29, 1.82) is 0 Å². The average molecular weight is 407 g/mol. The smallest absolute Gasteiger partial charge is 0.243 e. The van der Waals surface area contributed by atoms with Gasteiger partial charge in [0.2, 0.25) is 11.8 Å². The van der Waals surface area contributed by atoms with Crippen LogP contribution in [0.2, 0.25) is 0 Å². The van der Waals surface area contributed by atoms with Crippen molar-refractivity contribution in [3.05, 3.63) is 23.8 Å². The number of amides is 2. The van der Waals surface area contributed by atoms with E-state index in [1.165, 1.54) is 10.5 Å². The SMILES string of the molecule is CCC(C(=O)NCC[NH+](CC)CC)N1C(=O)CSc2ccc(C(C)(C)C)cc21. The molecule has 1 aliphatic rings. The molecule has 5 nitrogen and oxygen atoms in total. The Hall–Kier alpha value is -1.53. The number of carbonyl (C=O) groups excluding carboxylic acids is 2. The van der Waals surface area contributed by atoms with Gasteiger partial charge in [-0.2, -0.15) is 0 Å². The fraction of sp³-hybridized carbons (Fsp3) is 0.636. The second-order valence-electron chi connectivity index (χ2n) is 8.41. The molecule has 1 aromatic rings. The lowest BCUT2D eigenvalue weighted by Crippen LogP contribution is -3.12. The van der Waals surface area contributed by atoms with Crippen LogP contribution in [0.3, 0.4) is 0 Å². The monoisotopic (exact) mass is 406 g/mol. The van der Waals surface area contributed by atoms with Gasteiger partial charge in [0.25, 0.3) is 0 Å². The molecule has 1 aromatic carbocycles. The highest BCUT2D eigenvalue weighted by Crippen LogP contribution is 2.39. The highest BCUT2D eigenvalue weighted by Gasteiger charge is 2.34. The molecule has 0 spiro atoms. The standard InChI is InChI=1S/C22H35N3O2S/c1-7-17(21(27)23-12-13-24(8-2)9-3)25-18-14-16(22(4,5)6)10-11-19(18)28-15-20(25)26/h10-11,14,17H,7-9,12-13,15H2,1-6H3,(H,23,27)/p+1. The van der Waals surface area contributed by atoms with E-state index < -0.39 is 6.04 Å². The average Bonchev–Trinajstić information content (AvgIpc) is 2.66. The van der Waals surface area contributed by atoms with E-state index in [0.29, 0.717) is 18.7 Å². The Morgan fingerprint density at radius 2 is 1.93 bits per heavy atom. The van der Waals surface area contributed by atoms with Crippen molar-refractivity contribution in [1.82, 2.24) is 5.32 Å². The molecule has 0 fully saturated rings. The van der Waals surface area contributed by atoms with Crippen LogP contribution in [-0.4, -0.2) is 49.8 Å². The molecule has 28 heavy (non-hydrogen) atoms. The van der Waals surface area contributed by atoms with Gasteiger partial charge in [-0.25, -0.2) is 0 Å². The third kappa shape index (κ3) is 5.29. The van der Waals surface area contributed by atoms with Gasteiger partial charge < -0.3 is 10.2 Å². The third-order valence-corrected chi connectivity index (χ3v) is 6.53. The number of hydrogen-bond acceptors (Lipinski definition) is 3. The van der Waals surface area contributed by atoms with E-state index in [2.05, 4.69) is 58.1 Å². The summed E-state index contributed by atoms with van der Waals surface area (Å²) in [6, 6.07) is 5.85. The molecule has 0 aliphatic carbocycles. The fourth-order valence-corrected chi connectivity index (χ4v) is 4.44. The van der Waals surface area contributed by atoms with Crippen LogP contribution in [0.5, 0.6) is 0 Å². The summed E-state index contributed by atoms with van der Waals surface area (Å²) in [7, 11) is 0. The molecule has 2 amide bonds. The second-order valence-corrected chi connectivity index (χ2v) is 9.42. The summed E-state index contributed by atoms with van der Waals surface area (Å²) in [6.07, 6.45) is 0.597. The quantitative estimate of drug-likeness (QED) is 0.696. The van der Waals surface area contributed by atoms with Crippen molar-refractivity contribution in [3.63, 3.8) is 0 Å². The van der Waals surface area contributed by atoms with Crippen LogP contribution in [0.1, 0.15) is 53.5 Å². The summed E-state index contributed by atoms with van der Waals surface area (Å²) >= 11 is 1.56. The molecule has 0 saturated carbocycles. The molecule has 1 atom stereocenters. The van der Waals surface area contributed by atoms with E-state index in [1.807, 2.05) is 6.92 Å². The lowest BCUT2D eigenvalue weighted by atomic mass is 9.86. The molecule has 1 unspecified atom stereocenters. The van der Waals surface area contributed by atoms with Gasteiger partial charge in [0.15, 0.2) is 0 Å². The van der Waals surface area contributed by atoms with Crippen LogP contribution in [0, 0.1) is 0 Å². The molecule has 156 valence electrons. The summed E-state index contributed by atoms with van der Waals surface area (Å²) in [5.41, 5.74) is 2.04. The zero-order chi connectivity index (χ0) is 20.9. The minimum absolute atomic E-state index is 0.0115. The first-order valence-corrected chi connectivity index (χ1v) is 11.4. The zero-order valence-electron chi connectivity index (χ0n) is 18.2. The minimum atomic E-state index is -0.464. The Morgan fingerprint density at radius 1 is 1.25 bits per heavy atom. The lowest BCUT2D eigenvalue weighted by Gasteiger charge is -2.35. The molecule has 0 radical (unpaired) electrons. The number of benzene rings is 1. The van der Waals surface area contributed by atoms with E-state index in [1.54, 1.807) is 16.7 Å². The van der Waals surface area contributed by atoms with Gasteiger partial charge in [0.1, 0.15) is 6.04 Å². The number of hydrogen-bond donors (Lipinski definition) is 2. The van der Waals surface area contributed by atoms with Crippen LogP contribution < -0.4 is 15.1 Å². The van der Waals surface area contributed by atoms with E-state index >= 15 is 0 Å². The molecule has 2 N–H and O–H groups in total. The van der Waals surface area contributed by atoms with Crippen molar-refractivity contribution in [2.75, 3.05) is 36.8 Å². The van der Waals surface area contributed by atoms with Gasteiger partial charge in [-0.1, -0.05) is 33.8 Å². The zero-order valence-corrected chi connectivity index (χ0v) is 19.0. The van der Waals surface area contributed by atoms with E-state index in [9.17, 15) is 9.59 Å². The van der Waals surface area contributed by atoms with Gasteiger partial charge in [0, 0.05) is 4.90 Å². The van der Waals surface area contributed by atoms with Crippen LogP contribution in [0.15, 0.2) is 23.1 Å². The predicted octanol–water partition coefficient (Wildman–Crippen LogP) is 2.24. The Labute approximate surface area is 174 Å². The Balaban J connectivity index is 2.24. The first kappa shape index (κ1) is 22.8. The maximum Gasteiger partial charge on any atom is 0.243 e. The summed E-state index contributed by atoms with van der Waals surface area (Å²) in [6.45, 7) is 16.4. The highest BCUT2D eigenvalue weighted by atomic mass is 32.2. The summed E-state index contributed by atoms with van der Waals surface area (Å²) in [5.74, 6) is 0.344. The first-order chi connectivity index (χ1) is 13.2. The molecule has 0 bridgehead atoms. The summed E-state index contributed by atoms with van der Waals surface area (Å²) in [4.78, 5) is 30.0. The van der Waals surface area contributed by atoms with Gasteiger partial charge in [-0.05, 0) is 43.4 Å². The van der Waals surface area contributed by atoms with Crippen LogP contribution in [0.4, 0.5) is 5.69 Å². The topological polar surface area (TPSA) is 53.9 Å². The highest BCUT2D eigenvalue weighted by molar-refractivity contribution is 8.00. The molecular formula is C22H36N3O2S+. The number of quaternary nitrogens is 1. The van der Waals surface area contributed by atoms with Crippen LogP contribution in [-0.2, 0) is 15.0 Å². The maximum atomic E-state index is 12.9. The number of thioether (sulfide) groups is 1. The van der Waals surface area contributed by atoms with Crippen molar-refractivity contribution >= 4 is 29.3 Å². The van der Waals surface area contributed by atoms with Gasteiger partial charge in [-0.3, -0.25) is 14.5 Å². The molecule has 0 saturated heterocycles. The maximum absolute atomic E-state index is 12.9. The number of nitrogens with one attached hydrogen (secondary N) is 2. The van der Waals surface area contributed by atoms with E-state index in [-0.39, 0.29) is 17.2 Å². The number of carbonyl (C=O) groups is 2. The van der Waals surface area contributed by atoms with E-state index in [0.717, 1.165) is 30.2 Å². The number of fused-ring (bicyclic) bond motifs is 1. The number of nitrogens with zero attached hydrogens (tertiary/aromatic N) is 1. The lowest BCUT2D eigenvalue weighted by molar-refractivity contribution is -0.895. The molecule has 2 rings (SSSR count). The number of anilines is 1.